The topological polar surface area (TPSA) is 84.0 Å². The SMILES string of the molecule is O=S(=O)(Nc1ncnc(Cl)c1Cl)NC1CC1. The van der Waals surface area contributed by atoms with Gasteiger partial charge in [-0.15, -0.1) is 0 Å². The zero-order valence-electron chi connectivity index (χ0n) is 7.94. The summed E-state index contributed by atoms with van der Waals surface area (Å²) in [5.74, 6) is -0.0326. The highest BCUT2D eigenvalue weighted by molar-refractivity contribution is 7.90. The summed E-state index contributed by atoms with van der Waals surface area (Å²) < 4.78 is 27.7. The number of aromatic nitrogens is 2. The summed E-state index contributed by atoms with van der Waals surface area (Å²) in [6.45, 7) is 0. The van der Waals surface area contributed by atoms with Crippen molar-refractivity contribution in [1.29, 1.82) is 0 Å². The van der Waals surface area contributed by atoms with Crippen LogP contribution in [0.1, 0.15) is 12.8 Å². The summed E-state index contributed by atoms with van der Waals surface area (Å²) >= 11 is 11.4. The van der Waals surface area contributed by atoms with Crippen LogP contribution in [0.2, 0.25) is 10.2 Å². The number of nitrogens with zero attached hydrogens (tertiary/aromatic N) is 2. The van der Waals surface area contributed by atoms with E-state index in [1.54, 1.807) is 0 Å². The standard InChI is InChI=1S/C7H8Cl2N4O2S/c8-5-6(9)10-3-11-7(5)13-16(14,15)12-4-1-2-4/h3-4,12H,1-2H2,(H,10,11,13). The van der Waals surface area contributed by atoms with E-state index in [0.717, 1.165) is 19.2 Å². The summed E-state index contributed by atoms with van der Waals surface area (Å²) in [6.07, 6.45) is 2.82. The molecule has 0 saturated heterocycles. The average Bonchev–Trinajstić information content (AvgIpc) is 2.95. The van der Waals surface area contributed by atoms with Crippen molar-refractivity contribution in [3.63, 3.8) is 0 Å². The van der Waals surface area contributed by atoms with Crippen molar-refractivity contribution in [2.75, 3.05) is 4.72 Å². The summed E-state index contributed by atoms with van der Waals surface area (Å²) in [6, 6.07) is 0.00795. The molecule has 1 heterocycles. The molecule has 88 valence electrons. The van der Waals surface area contributed by atoms with Crippen LogP contribution in [0, 0.1) is 0 Å². The molecule has 0 radical (unpaired) electrons. The summed E-state index contributed by atoms with van der Waals surface area (Å²) in [5.41, 5.74) is 0. The molecule has 0 spiro atoms. The quantitative estimate of drug-likeness (QED) is 0.813. The summed E-state index contributed by atoms with van der Waals surface area (Å²) in [5, 5.41) is -0.0221. The van der Waals surface area contributed by atoms with E-state index in [1.165, 1.54) is 0 Å². The summed E-state index contributed by atoms with van der Waals surface area (Å²) in [4.78, 5) is 7.30. The normalized spacial score (nSPS) is 16.1. The number of halogens is 2. The average molecular weight is 283 g/mol. The monoisotopic (exact) mass is 282 g/mol. The van der Waals surface area contributed by atoms with E-state index >= 15 is 0 Å². The molecule has 1 fully saturated rings. The minimum atomic E-state index is -3.64. The lowest BCUT2D eigenvalue weighted by Crippen LogP contribution is -2.32. The van der Waals surface area contributed by atoms with E-state index in [0.29, 0.717) is 0 Å². The zero-order chi connectivity index (χ0) is 11.8. The van der Waals surface area contributed by atoms with Crippen LogP contribution in [0.5, 0.6) is 0 Å². The Balaban J connectivity index is 2.16. The molecule has 0 bridgehead atoms. The molecule has 1 aromatic rings. The molecule has 16 heavy (non-hydrogen) atoms. The van der Waals surface area contributed by atoms with E-state index in [9.17, 15) is 8.42 Å². The molecule has 2 N–H and O–H groups in total. The molecule has 0 atom stereocenters. The Morgan fingerprint density at radius 3 is 2.62 bits per heavy atom. The first kappa shape index (κ1) is 11.8. The van der Waals surface area contributed by atoms with Crippen molar-refractivity contribution in [3.8, 4) is 0 Å². The first-order chi connectivity index (χ1) is 7.48. The molecule has 1 aromatic heterocycles. The lowest BCUT2D eigenvalue weighted by molar-refractivity contribution is 0.586. The lowest BCUT2D eigenvalue weighted by atomic mass is 10.6. The van der Waals surface area contributed by atoms with Gasteiger partial charge in [-0.25, -0.2) is 9.97 Å². The van der Waals surface area contributed by atoms with Crippen LogP contribution in [-0.2, 0) is 10.2 Å². The summed E-state index contributed by atoms with van der Waals surface area (Å²) in [7, 11) is -3.64. The number of nitrogens with one attached hydrogen (secondary N) is 2. The van der Waals surface area contributed by atoms with Crippen molar-refractivity contribution >= 4 is 39.2 Å². The maximum absolute atomic E-state index is 11.5. The Morgan fingerprint density at radius 1 is 1.31 bits per heavy atom. The molecule has 1 saturated carbocycles. The zero-order valence-corrected chi connectivity index (χ0v) is 10.3. The molecule has 9 heteroatoms. The van der Waals surface area contributed by atoms with Gasteiger partial charge in [0.2, 0.25) is 0 Å². The smallest absolute Gasteiger partial charge is 0.253 e. The van der Waals surface area contributed by atoms with Crippen LogP contribution in [0.4, 0.5) is 5.82 Å². The molecule has 0 aromatic carbocycles. The number of rotatable bonds is 4. The molecule has 6 nitrogen and oxygen atoms in total. The van der Waals surface area contributed by atoms with Gasteiger partial charge in [0.1, 0.15) is 11.3 Å². The van der Waals surface area contributed by atoms with Gasteiger partial charge in [0.05, 0.1) is 0 Å². The minimum absolute atomic E-state index is 0.000730. The van der Waals surface area contributed by atoms with Crippen molar-refractivity contribution in [2.45, 2.75) is 18.9 Å². The molecular formula is C7H8Cl2N4O2S. The first-order valence-electron chi connectivity index (χ1n) is 4.44. The third-order valence-corrected chi connectivity index (χ3v) is 3.72. The van der Waals surface area contributed by atoms with Gasteiger partial charge in [0.25, 0.3) is 0 Å². The van der Waals surface area contributed by atoms with Gasteiger partial charge in [-0.1, -0.05) is 23.2 Å². The minimum Gasteiger partial charge on any atom is -0.253 e. The molecule has 2 rings (SSSR count). The number of hydrogen-bond donors (Lipinski definition) is 2. The van der Waals surface area contributed by atoms with E-state index in [-0.39, 0.29) is 22.0 Å². The van der Waals surface area contributed by atoms with E-state index in [2.05, 4.69) is 19.4 Å². The number of hydrogen-bond acceptors (Lipinski definition) is 4. The Hall–Kier alpha value is -0.630. The molecule has 0 aliphatic heterocycles. The second-order valence-corrected chi connectivity index (χ2v) is 5.51. The van der Waals surface area contributed by atoms with Crippen LogP contribution < -0.4 is 9.44 Å². The Kier molecular flexibility index (Phi) is 3.20. The van der Waals surface area contributed by atoms with E-state index < -0.39 is 10.2 Å². The molecule has 1 aliphatic carbocycles. The predicted octanol–water partition coefficient (Wildman–Crippen LogP) is 1.19. The van der Waals surface area contributed by atoms with E-state index in [4.69, 9.17) is 23.2 Å². The Bertz CT molecular complexity index is 503. The van der Waals surface area contributed by atoms with Gasteiger partial charge in [0.15, 0.2) is 11.0 Å². The highest BCUT2D eigenvalue weighted by Gasteiger charge is 2.27. The fourth-order valence-electron chi connectivity index (χ4n) is 0.997. The Labute approximate surface area is 103 Å². The van der Waals surface area contributed by atoms with Crippen molar-refractivity contribution in [2.24, 2.45) is 0 Å². The van der Waals surface area contributed by atoms with Crippen LogP contribution in [0.25, 0.3) is 0 Å². The fraction of sp³-hybridized carbons (Fsp3) is 0.429. The largest absolute Gasteiger partial charge is 0.300 e. The van der Waals surface area contributed by atoms with Crippen molar-refractivity contribution < 1.29 is 8.42 Å². The predicted molar refractivity (Wildman–Crippen MR) is 60.8 cm³/mol. The maximum atomic E-state index is 11.5. The van der Waals surface area contributed by atoms with Crippen LogP contribution in [0.3, 0.4) is 0 Å². The fourth-order valence-corrected chi connectivity index (χ4v) is 2.47. The highest BCUT2D eigenvalue weighted by Crippen LogP contribution is 2.26. The van der Waals surface area contributed by atoms with Gasteiger partial charge >= 0.3 is 10.2 Å². The highest BCUT2D eigenvalue weighted by atomic mass is 35.5. The second kappa shape index (κ2) is 4.33. The lowest BCUT2D eigenvalue weighted by Gasteiger charge is -2.08. The second-order valence-electron chi connectivity index (χ2n) is 3.32. The van der Waals surface area contributed by atoms with Crippen LogP contribution in [0.15, 0.2) is 6.33 Å². The first-order valence-corrected chi connectivity index (χ1v) is 6.68. The molecular weight excluding hydrogens is 275 g/mol. The van der Waals surface area contributed by atoms with Gasteiger partial charge in [-0.05, 0) is 12.8 Å². The van der Waals surface area contributed by atoms with Crippen molar-refractivity contribution in [1.82, 2.24) is 14.7 Å². The molecule has 1 aliphatic rings. The molecule has 0 amide bonds. The number of anilines is 1. The van der Waals surface area contributed by atoms with E-state index in [1.807, 2.05) is 0 Å². The van der Waals surface area contributed by atoms with Crippen molar-refractivity contribution in [3.05, 3.63) is 16.5 Å². The maximum Gasteiger partial charge on any atom is 0.300 e. The van der Waals surface area contributed by atoms with Crippen LogP contribution in [-0.4, -0.2) is 24.4 Å². The van der Waals surface area contributed by atoms with Gasteiger partial charge < -0.3 is 0 Å². The van der Waals surface area contributed by atoms with Crippen LogP contribution >= 0.6 is 23.2 Å². The van der Waals surface area contributed by atoms with Gasteiger partial charge in [0, 0.05) is 6.04 Å². The molecule has 0 unspecified atom stereocenters. The Morgan fingerprint density at radius 2 is 2.00 bits per heavy atom. The third-order valence-electron chi connectivity index (χ3n) is 1.88. The van der Waals surface area contributed by atoms with Gasteiger partial charge in [-0.3, -0.25) is 4.72 Å². The third kappa shape index (κ3) is 2.94. The van der Waals surface area contributed by atoms with Gasteiger partial charge in [-0.2, -0.15) is 13.1 Å².